The number of carbonyl (C=O) groups is 1. The van der Waals surface area contributed by atoms with Crippen LogP contribution in [0.1, 0.15) is 5.56 Å². The summed E-state index contributed by atoms with van der Waals surface area (Å²) in [6, 6.07) is 10.2. The average Bonchev–Trinajstić information content (AvgIpc) is 2.30. The van der Waals surface area contributed by atoms with Crippen LogP contribution in [0.15, 0.2) is 48.1 Å². The normalized spacial score (nSPS) is 15.7. The van der Waals surface area contributed by atoms with Crippen molar-refractivity contribution >= 4 is 23.0 Å². The highest BCUT2D eigenvalue weighted by Crippen LogP contribution is 2.31. The SMILES string of the molecule is O=CC1=CC=C(c2ccccc2)SC1. The lowest BCUT2D eigenvalue weighted by Crippen LogP contribution is -1.94. The predicted molar refractivity (Wildman–Crippen MR) is 61.0 cm³/mol. The van der Waals surface area contributed by atoms with E-state index in [2.05, 4.69) is 12.1 Å². The van der Waals surface area contributed by atoms with Gasteiger partial charge >= 0.3 is 0 Å². The molecule has 0 bridgehead atoms. The zero-order valence-electron chi connectivity index (χ0n) is 7.64. The molecule has 0 spiro atoms. The lowest BCUT2D eigenvalue weighted by Gasteiger charge is -2.10. The number of thioether (sulfide) groups is 1. The standard InChI is InChI=1S/C12H10OS/c13-8-10-6-7-12(14-9-10)11-4-2-1-3-5-11/h1-8H,9H2. The number of carbonyl (C=O) groups excluding carboxylic acids is 1. The fourth-order valence-corrected chi connectivity index (χ4v) is 2.25. The highest BCUT2D eigenvalue weighted by Gasteiger charge is 2.07. The van der Waals surface area contributed by atoms with E-state index >= 15 is 0 Å². The van der Waals surface area contributed by atoms with E-state index in [4.69, 9.17) is 0 Å². The molecule has 0 unspecified atom stereocenters. The molecule has 1 aliphatic rings. The summed E-state index contributed by atoms with van der Waals surface area (Å²) >= 11 is 1.71. The van der Waals surface area contributed by atoms with Crippen molar-refractivity contribution in [3.8, 4) is 0 Å². The quantitative estimate of drug-likeness (QED) is 0.686. The molecule has 14 heavy (non-hydrogen) atoms. The number of allylic oxidation sites excluding steroid dienone is 2. The Morgan fingerprint density at radius 2 is 1.93 bits per heavy atom. The number of rotatable bonds is 2. The van der Waals surface area contributed by atoms with E-state index in [1.165, 1.54) is 10.5 Å². The molecule has 1 aromatic rings. The summed E-state index contributed by atoms with van der Waals surface area (Å²) in [4.78, 5) is 11.7. The first-order valence-corrected chi connectivity index (χ1v) is 5.43. The van der Waals surface area contributed by atoms with Crippen LogP contribution in [0.2, 0.25) is 0 Å². The Labute approximate surface area is 87.5 Å². The van der Waals surface area contributed by atoms with Crippen LogP contribution in [0.4, 0.5) is 0 Å². The topological polar surface area (TPSA) is 17.1 Å². The van der Waals surface area contributed by atoms with E-state index in [-0.39, 0.29) is 0 Å². The Balaban J connectivity index is 2.26. The van der Waals surface area contributed by atoms with Crippen molar-refractivity contribution in [2.45, 2.75) is 0 Å². The number of benzene rings is 1. The Bertz CT molecular complexity index is 390. The Hall–Kier alpha value is -1.28. The molecule has 0 N–H and O–H groups in total. The van der Waals surface area contributed by atoms with Crippen molar-refractivity contribution < 1.29 is 4.79 Å². The van der Waals surface area contributed by atoms with Gasteiger partial charge in [-0.1, -0.05) is 36.4 Å². The Kier molecular flexibility index (Phi) is 2.84. The fraction of sp³-hybridized carbons (Fsp3) is 0.0833. The van der Waals surface area contributed by atoms with Crippen LogP contribution < -0.4 is 0 Å². The van der Waals surface area contributed by atoms with E-state index in [0.29, 0.717) is 0 Å². The van der Waals surface area contributed by atoms with Gasteiger partial charge in [0.05, 0.1) is 0 Å². The number of hydrogen-bond acceptors (Lipinski definition) is 2. The first kappa shape index (κ1) is 9.28. The number of aldehydes is 1. The van der Waals surface area contributed by atoms with Gasteiger partial charge in [0.25, 0.3) is 0 Å². The van der Waals surface area contributed by atoms with E-state index in [0.717, 1.165) is 17.6 Å². The van der Waals surface area contributed by atoms with Gasteiger partial charge in [-0.05, 0) is 11.6 Å². The van der Waals surface area contributed by atoms with Gasteiger partial charge in [0, 0.05) is 16.2 Å². The third-order valence-corrected chi connectivity index (χ3v) is 3.21. The fourth-order valence-electron chi connectivity index (χ4n) is 1.30. The zero-order valence-corrected chi connectivity index (χ0v) is 8.46. The summed E-state index contributed by atoms with van der Waals surface area (Å²) in [5.41, 5.74) is 2.08. The van der Waals surface area contributed by atoms with Gasteiger partial charge in [0.2, 0.25) is 0 Å². The Morgan fingerprint density at radius 3 is 2.50 bits per heavy atom. The summed E-state index contributed by atoms with van der Waals surface area (Å²) in [5.74, 6) is 0.782. The largest absolute Gasteiger partial charge is 0.298 e. The molecule has 0 amide bonds. The molecular formula is C12H10OS. The summed E-state index contributed by atoms with van der Waals surface area (Å²) < 4.78 is 0. The summed E-state index contributed by atoms with van der Waals surface area (Å²) in [5, 5.41) is 0. The first-order chi connectivity index (χ1) is 6.90. The Morgan fingerprint density at radius 1 is 1.14 bits per heavy atom. The highest BCUT2D eigenvalue weighted by atomic mass is 32.2. The molecular weight excluding hydrogens is 192 g/mol. The molecule has 1 heterocycles. The van der Waals surface area contributed by atoms with E-state index < -0.39 is 0 Å². The molecule has 1 aromatic carbocycles. The van der Waals surface area contributed by atoms with Gasteiger partial charge in [0.15, 0.2) is 0 Å². The summed E-state index contributed by atoms with van der Waals surface area (Å²) in [6.45, 7) is 0. The van der Waals surface area contributed by atoms with Crippen LogP contribution in [0, 0.1) is 0 Å². The molecule has 0 atom stereocenters. The summed E-state index contributed by atoms with van der Waals surface area (Å²) in [7, 11) is 0. The number of hydrogen-bond donors (Lipinski definition) is 0. The van der Waals surface area contributed by atoms with E-state index in [1.807, 2.05) is 30.4 Å². The lowest BCUT2D eigenvalue weighted by molar-refractivity contribution is -0.104. The van der Waals surface area contributed by atoms with Crippen LogP contribution in [0.25, 0.3) is 4.91 Å². The van der Waals surface area contributed by atoms with E-state index in [9.17, 15) is 4.79 Å². The maximum absolute atomic E-state index is 10.5. The minimum Gasteiger partial charge on any atom is -0.298 e. The van der Waals surface area contributed by atoms with Crippen molar-refractivity contribution in [3.05, 3.63) is 53.6 Å². The van der Waals surface area contributed by atoms with Gasteiger partial charge in [-0.15, -0.1) is 11.8 Å². The molecule has 2 rings (SSSR count). The summed E-state index contributed by atoms with van der Waals surface area (Å²) in [6.07, 6.45) is 4.82. The minimum absolute atomic E-state index is 0.782. The van der Waals surface area contributed by atoms with Gasteiger partial charge in [-0.3, -0.25) is 4.79 Å². The molecule has 1 aliphatic heterocycles. The molecule has 0 aromatic heterocycles. The van der Waals surface area contributed by atoms with Crippen LogP contribution in [0.3, 0.4) is 0 Å². The maximum Gasteiger partial charge on any atom is 0.146 e. The third kappa shape index (κ3) is 1.96. The lowest BCUT2D eigenvalue weighted by atomic mass is 10.2. The van der Waals surface area contributed by atoms with Crippen LogP contribution >= 0.6 is 11.8 Å². The van der Waals surface area contributed by atoms with Gasteiger partial charge in [-0.2, -0.15) is 0 Å². The van der Waals surface area contributed by atoms with Gasteiger partial charge in [-0.25, -0.2) is 0 Å². The molecule has 0 fully saturated rings. The van der Waals surface area contributed by atoms with Gasteiger partial charge < -0.3 is 0 Å². The molecule has 0 saturated heterocycles. The second-order valence-electron chi connectivity index (χ2n) is 3.05. The minimum atomic E-state index is 0.782. The van der Waals surface area contributed by atoms with Crippen molar-refractivity contribution in [1.82, 2.24) is 0 Å². The third-order valence-electron chi connectivity index (χ3n) is 2.05. The zero-order chi connectivity index (χ0) is 9.80. The molecule has 0 radical (unpaired) electrons. The molecule has 0 saturated carbocycles. The predicted octanol–water partition coefficient (Wildman–Crippen LogP) is 2.90. The molecule has 1 nitrogen and oxygen atoms in total. The first-order valence-electron chi connectivity index (χ1n) is 4.44. The van der Waals surface area contributed by atoms with Crippen molar-refractivity contribution in [2.24, 2.45) is 0 Å². The van der Waals surface area contributed by atoms with Crippen molar-refractivity contribution in [1.29, 1.82) is 0 Å². The van der Waals surface area contributed by atoms with E-state index in [1.54, 1.807) is 11.8 Å². The van der Waals surface area contributed by atoms with Crippen molar-refractivity contribution in [2.75, 3.05) is 5.75 Å². The second kappa shape index (κ2) is 4.29. The smallest absolute Gasteiger partial charge is 0.146 e. The monoisotopic (exact) mass is 202 g/mol. The van der Waals surface area contributed by atoms with Gasteiger partial charge in [0.1, 0.15) is 6.29 Å². The van der Waals surface area contributed by atoms with Crippen LogP contribution in [-0.2, 0) is 4.79 Å². The highest BCUT2D eigenvalue weighted by molar-refractivity contribution is 8.08. The maximum atomic E-state index is 10.5. The van der Waals surface area contributed by atoms with Crippen LogP contribution in [-0.4, -0.2) is 12.0 Å². The molecule has 70 valence electrons. The van der Waals surface area contributed by atoms with Crippen molar-refractivity contribution in [3.63, 3.8) is 0 Å². The second-order valence-corrected chi connectivity index (χ2v) is 4.06. The molecule has 0 aliphatic carbocycles. The molecule has 2 heteroatoms. The van der Waals surface area contributed by atoms with Crippen LogP contribution in [0.5, 0.6) is 0 Å². The average molecular weight is 202 g/mol.